The quantitative estimate of drug-likeness (QED) is 0.140. The number of halogens is 1. The van der Waals surface area contributed by atoms with Crippen molar-refractivity contribution in [3.05, 3.63) is 89.1 Å². The number of hydrogen-bond donors (Lipinski definition) is 3. The number of carbonyl (C=O) groups is 3. The maximum atomic E-state index is 14.4. The minimum atomic E-state index is -4.13. The zero-order valence-corrected chi connectivity index (χ0v) is 33.3. The Morgan fingerprint density at radius 3 is 2.23 bits per heavy atom. The van der Waals surface area contributed by atoms with E-state index in [0.29, 0.717) is 24.3 Å². The molecule has 0 aliphatic carbocycles. The summed E-state index contributed by atoms with van der Waals surface area (Å²) in [5, 5.41) is 25.8. The molecular formula is C41H49ClN6O7S. The molecule has 0 aromatic heterocycles. The van der Waals surface area contributed by atoms with Gasteiger partial charge in [0.25, 0.3) is 15.9 Å². The molecule has 4 N–H and O–H groups in total. The van der Waals surface area contributed by atoms with Gasteiger partial charge in [-0.05, 0) is 66.9 Å². The van der Waals surface area contributed by atoms with Crippen molar-refractivity contribution in [2.75, 3.05) is 75.1 Å². The SMILES string of the molecule is C[C@@H](O)[C@H]1C(=O)N2C(C(=O)[O-])=C(CN3c4ccccc4-c4cc(CC[N+]56CC[N+](CC(=O)Nc7ccc(CCN)cc7)(CC5)CC6)ccc4S3(=O)=O)[C@H](C)[C@H]12.[Cl-]. The molecule has 0 spiro atoms. The number of nitrogens with zero attached hydrogens (tertiary/aromatic N) is 4. The monoisotopic (exact) mass is 804 g/mol. The van der Waals surface area contributed by atoms with Crippen LogP contribution in [0.15, 0.2) is 82.9 Å². The summed E-state index contributed by atoms with van der Waals surface area (Å²) in [6.07, 6.45) is 0.605. The number of anilines is 2. The molecule has 6 aliphatic heterocycles. The van der Waals surface area contributed by atoms with Crippen molar-refractivity contribution in [2.45, 2.75) is 43.7 Å². The lowest BCUT2D eigenvalue weighted by Gasteiger charge is -2.55. The number of aliphatic hydroxyl groups is 1. The molecule has 3 aromatic rings. The van der Waals surface area contributed by atoms with Crippen LogP contribution in [-0.4, -0.2) is 123 Å². The number of β-lactam (4-membered cyclic amide) rings is 1. The summed E-state index contributed by atoms with van der Waals surface area (Å²) in [6.45, 7) is 10.8. The molecule has 298 valence electrons. The van der Waals surface area contributed by atoms with E-state index >= 15 is 0 Å². The van der Waals surface area contributed by atoms with E-state index in [1.54, 1.807) is 25.1 Å². The van der Waals surface area contributed by atoms with Gasteiger partial charge in [0, 0.05) is 29.2 Å². The second kappa shape index (κ2) is 14.9. The van der Waals surface area contributed by atoms with Gasteiger partial charge in [-0.2, -0.15) is 0 Å². The third-order valence-electron chi connectivity index (χ3n) is 13.1. The number of benzene rings is 3. The fourth-order valence-electron chi connectivity index (χ4n) is 9.81. The molecular weight excluding hydrogens is 756 g/mol. The fourth-order valence-corrected chi connectivity index (χ4v) is 11.5. The third-order valence-corrected chi connectivity index (χ3v) is 14.9. The molecule has 4 saturated heterocycles. The lowest BCUT2D eigenvalue weighted by molar-refractivity contribution is -1.08. The van der Waals surface area contributed by atoms with Crippen molar-refractivity contribution in [2.24, 2.45) is 17.6 Å². The average molecular weight is 805 g/mol. The zero-order chi connectivity index (χ0) is 38.9. The molecule has 6 heterocycles. The Morgan fingerprint density at radius 2 is 1.59 bits per heavy atom. The molecule has 2 amide bonds. The number of rotatable bonds is 12. The second-order valence-electron chi connectivity index (χ2n) is 16.2. The van der Waals surface area contributed by atoms with Crippen LogP contribution >= 0.6 is 0 Å². The molecule has 6 aliphatic rings. The van der Waals surface area contributed by atoms with Crippen LogP contribution in [0.2, 0.25) is 0 Å². The first-order valence-corrected chi connectivity index (χ1v) is 20.7. The lowest BCUT2D eigenvalue weighted by atomic mass is 9.77. The molecule has 4 atom stereocenters. The van der Waals surface area contributed by atoms with Crippen LogP contribution in [0.1, 0.15) is 25.0 Å². The van der Waals surface area contributed by atoms with Gasteiger partial charge in [0.05, 0.1) is 53.4 Å². The molecule has 0 radical (unpaired) electrons. The van der Waals surface area contributed by atoms with Crippen molar-refractivity contribution in [3.8, 4) is 11.1 Å². The molecule has 4 fully saturated rings. The molecule has 56 heavy (non-hydrogen) atoms. The third kappa shape index (κ3) is 6.69. The smallest absolute Gasteiger partial charge is 0.279 e. The Labute approximate surface area is 334 Å². The number of hydrogen-bond acceptors (Lipinski definition) is 8. The summed E-state index contributed by atoms with van der Waals surface area (Å²) in [6, 6.07) is 20.0. The number of fused-ring (bicyclic) bond motifs is 7. The molecule has 13 nitrogen and oxygen atoms in total. The van der Waals surface area contributed by atoms with Crippen LogP contribution in [0.3, 0.4) is 0 Å². The Morgan fingerprint density at radius 1 is 0.946 bits per heavy atom. The highest BCUT2D eigenvalue weighted by molar-refractivity contribution is 7.93. The summed E-state index contributed by atoms with van der Waals surface area (Å²) >= 11 is 0. The summed E-state index contributed by atoms with van der Waals surface area (Å²) in [7, 11) is -4.13. The van der Waals surface area contributed by atoms with Gasteiger partial charge in [0.1, 0.15) is 39.3 Å². The van der Waals surface area contributed by atoms with Gasteiger partial charge in [0.2, 0.25) is 5.91 Å². The summed E-state index contributed by atoms with van der Waals surface area (Å²) in [4.78, 5) is 39.7. The van der Waals surface area contributed by atoms with E-state index in [2.05, 4.69) is 5.32 Å². The average Bonchev–Trinajstić information content (AvgIpc) is 3.41. The first-order chi connectivity index (χ1) is 26.3. The van der Waals surface area contributed by atoms with E-state index < -0.39 is 45.9 Å². The topological polar surface area (TPSA) is 173 Å². The number of nitrogens with two attached hydrogens (primary N) is 1. The number of piperazine rings is 3. The Balaban J connectivity index is 0.00000480. The number of carboxylic acids is 1. The number of quaternary nitrogens is 2. The molecule has 15 heteroatoms. The first kappa shape index (κ1) is 39.9. The molecule has 0 unspecified atom stereocenters. The lowest BCUT2D eigenvalue weighted by Crippen LogP contribution is -3.00. The van der Waals surface area contributed by atoms with Crippen molar-refractivity contribution < 1.29 is 54.4 Å². The van der Waals surface area contributed by atoms with Crippen molar-refractivity contribution in [3.63, 3.8) is 0 Å². The van der Waals surface area contributed by atoms with E-state index in [1.807, 2.05) is 48.5 Å². The van der Waals surface area contributed by atoms with Gasteiger partial charge >= 0.3 is 0 Å². The van der Waals surface area contributed by atoms with Crippen molar-refractivity contribution >= 4 is 39.2 Å². The second-order valence-corrected chi connectivity index (χ2v) is 18.0. The summed E-state index contributed by atoms with van der Waals surface area (Å²) in [5.74, 6) is -3.27. The molecule has 2 bridgehead atoms. The van der Waals surface area contributed by atoms with Gasteiger partial charge in [-0.15, -0.1) is 0 Å². The maximum absolute atomic E-state index is 14.4. The highest BCUT2D eigenvalue weighted by Gasteiger charge is 2.59. The number of aliphatic hydroxyl groups excluding tert-OH is 1. The predicted octanol–water partition coefficient (Wildman–Crippen LogP) is -1.93. The number of amides is 2. The number of aliphatic carboxylic acids is 1. The number of para-hydroxylation sites is 1. The van der Waals surface area contributed by atoms with Crippen LogP contribution in [0.25, 0.3) is 11.1 Å². The van der Waals surface area contributed by atoms with Crippen molar-refractivity contribution in [1.82, 2.24) is 4.90 Å². The minimum absolute atomic E-state index is 0. The van der Waals surface area contributed by atoms with Crippen LogP contribution in [-0.2, 0) is 37.2 Å². The molecule has 3 aromatic carbocycles. The number of sulfonamides is 1. The van der Waals surface area contributed by atoms with Gasteiger partial charge in [-0.25, -0.2) is 8.42 Å². The van der Waals surface area contributed by atoms with Gasteiger partial charge in [0.15, 0.2) is 6.54 Å². The van der Waals surface area contributed by atoms with Crippen LogP contribution < -0.4 is 32.9 Å². The van der Waals surface area contributed by atoms with E-state index in [4.69, 9.17) is 5.73 Å². The van der Waals surface area contributed by atoms with Gasteiger partial charge in [-0.3, -0.25) is 13.9 Å². The highest BCUT2D eigenvalue weighted by Crippen LogP contribution is 2.49. The zero-order valence-electron chi connectivity index (χ0n) is 31.7. The van der Waals surface area contributed by atoms with Crippen LogP contribution in [0, 0.1) is 11.8 Å². The van der Waals surface area contributed by atoms with E-state index in [-0.39, 0.29) is 41.0 Å². The Kier molecular flexibility index (Phi) is 10.6. The minimum Gasteiger partial charge on any atom is -1.00 e. The van der Waals surface area contributed by atoms with Crippen LogP contribution in [0.4, 0.5) is 11.4 Å². The largest absolute Gasteiger partial charge is 1.00 e. The normalized spacial score (nSPS) is 27.4. The highest BCUT2D eigenvalue weighted by atomic mass is 35.5. The molecule has 0 saturated carbocycles. The van der Waals surface area contributed by atoms with Crippen molar-refractivity contribution in [1.29, 1.82) is 0 Å². The Hall–Kier alpha value is -4.31. The number of nitrogens with one attached hydrogen (secondary N) is 1. The number of carbonyl (C=O) groups excluding carboxylic acids is 3. The Bertz CT molecular complexity index is 2190. The number of carboxylic acid groups (broad SMARTS) is 1. The van der Waals surface area contributed by atoms with E-state index in [0.717, 1.165) is 94.9 Å². The first-order valence-electron chi connectivity index (χ1n) is 19.3. The van der Waals surface area contributed by atoms with E-state index in [9.17, 15) is 33.0 Å². The van der Waals surface area contributed by atoms with Crippen LogP contribution in [0.5, 0.6) is 0 Å². The van der Waals surface area contributed by atoms with Gasteiger partial charge in [-0.1, -0.05) is 43.3 Å². The van der Waals surface area contributed by atoms with Gasteiger partial charge < -0.3 is 52.3 Å². The summed E-state index contributed by atoms with van der Waals surface area (Å²) in [5.41, 5.74) is 10.4. The molecule has 9 rings (SSSR count). The maximum Gasteiger partial charge on any atom is 0.279 e. The predicted molar refractivity (Wildman–Crippen MR) is 204 cm³/mol. The van der Waals surface area contributed by atoms with E-state index in [1.165, 1.54) is 11.2 Å². The summed E-state index contributed by atoms with van der Waals surface area (Å²) < 4.78 is 31.8. The standard InChI is InChI=1S/C41H48N6O7S.ClH/c1-26-33(39(41(51)52)45-38(26)37(27(2)48)40(45)50)24-44-34-6-4-3-5-31(34)32-23-29(9-12-35(32)55(44,53)54)14-16-46-17-20-47(21-18-46,22-19-46)25-36(49)43-30-10-7-28(8-11-30)13-15-42;/h3-12,23,26-27,37-38,48H,13-22,24-25,42H2,1-2H3;1H/t26-,27+,37+,38+,46?,47?;/m0./s1. The fraction of sp³-hybridized carbons (Fsp3) is 0.439.